The number of aromatic nitrogens is 2. The summed E-state index contributed by atoms with van der Waals surface area (Å²) in [5, 5.41) is 9.29. The Balaban J connectivity index is 1.97. The molecule has 0 amide bonds. The van der Waals surface area contributed by atoms with Crippen molar-refractivity contribution in [1.29, 1.82) is 0 Å². The SMILES string of the molecule is C[C@H](c1ccccc1)n1c(-c2ccccc2)nc2cc(C(=O)O)ccc21. The topological polar surface area (TPSA) is 55.1 Å². The van der Waals surface area contributed by atoms with Gasteiger partial charge in [0.15, 0.2) is 0 Å². The van der Waals surface area contributed by atoms with Crippen LogP contribution >= 0.6 is 0 Å². The molecule has 4 rings (SSSR count). The molecule has 0 aliphatic carbocycles. The van der Waals surface area contributed by atoms with Gasteiger partial charge in [0.2, 0.25) is 0 Å². The first-order valence-corrected chi connectivity index (χ1v) is 8.51. The summed E-state index contributed by atoms with van der Waals surface area (Å²) in [6, 6.07) is 25.4. The second-order valence-corrected chi connectivity index (χ2v) is 6.27. The molecular formula is C22H18N2O2. The second kappa shape index (κ2) is 6.48. The summed E-state index contributed by atoms with van der Waals surface area (Å²) in [4.78, 5) is 16.1. The zero-order valence-corrected chi connectivity index (χ0v) is 14.3. The molecule has 128 valence electrons. The number of hydrogen-bond donors (Lipinski definition) is 1. The van der Waals surface area contributed by atoms with E-state index in [0.717, 1.165) is 16.9 Å². The minimum Gasteiger partial charge on any atom is -0.478 e. The minimum absolute atomic E-state index is 0.0621. The Kier molecular flexibility index (Phi) is 4.01. The van der Waals surface area contributed by atoms with Crippen LogP contribution in [0.15, 0.2) is 78.9 Å². The van der Waals surface area contributed by atoms with Crippen molar-refractivity contribution in [2.45, 2.75) is 13.0 Å². The van der Waals surface area contributed by atoms with E-state index in [4.69, 9.17) is 4.98 Å². The quantitative estimate of drug-likeness (QED) is 0.567. The monoisotopic (exact) mass is 342 g/mol. The molecule has 4 aromatic rings. The van der Waals surface area contributed by atoms with E-state index < -0.39 is 5.97 Å². The van der Waals surface area contributed by atoms with E-state index in [-0.39, 0.29) is 11.6 Å². The van der Waals surface area contributed by atoms with E-state index in [1.165, 1.54) is 5.56 Å². The van der Waals surface area contributed by atoms with Crippen LogP contribution in [0.3, 0.4) is 0 Å². The van der Waals surface area contributed by atoms with Gasteiger partial charge in [0, 0.05) is 5.56 Å². The summed E-state index contributed by atoms with van der Waals surface area (Å²) in [5.41, 5.74) is 4.03. The number of aromatic carboxylic acids is 1. The lowest BCUT2D eigenvalue weighted by atomic mass is 10.1. The van der Waals surface area contributed by atoms with E-state index >= 15 is 0 Å². The van der Waals surface area contributed by atoms with Crippen molar-refractivity contribution in [3.63, 3.8) is 0 Å². The molecule has 3 aromatic carbocycles. The molecule has 0 saturated heterocycles. The number of rotatable bonds is 4. The minimum atomic E-state index is -0.946. The number of imidazole rings is 1. The van der Waals surface area contributed by atoms with Crippen molar-refractivity contribution in [3.05, 3.63) is 90.0 Å². The van der Waals surface area contributed by atoms with Gasteiger partial charge in [-0.05, 0) is 30.7 Å². The highest BCUT2D eigenvalue weighted by Crippen LogP contribution is 2.31. The molecule has 1 N–H and O–H groups in total. The molecule has 26 heavy (non-hydrogen) atoms. The molecule has 0 bridgehead atoms. The van der Waals surface area contributed by atoms with Crippen molar-refractivity contribution >= 4 is 17.0 Å². The number of carbonyl (C=O) groups is 1. The van der Waals surface area contributed by atoms with Gasteiger partial charge >= 0.3 is 5.97 Å². The summed E-state index contributed by atoms with van der Waals surface area (Å²) in [6.07, 6.45) is 0. The molecule has 1 aromatic heterocycles. The summed E-state index contributed by atoms with van der Waals surface area (Å²) in [5.74, 6) is -0.113. The molecule has 0 aliphatic heterocycles. The molecule has 0 saturated carbocycles. The lowest BCUT2D eigenvalue weighted by Gasteiger charge is -2.18. The summed E-state index contributed by atoms with van der Waals surface area (Å²) in [6.45, 7) is 2.13. The highest BCUT2D eigenvalue weighted by molar-refractivity contribution is 5.93. The molecule has 0 fully saturated rings. The largest absolute Gasteiger partial charge is 0.478 e. The molecule has 0 unspecified atom stereocenters. The van der Waals surface area contributed by atoms with Gasteiger partial charge in [0.1, 0.15) is 5.82 Å². The molecule has 4 heteroatoms. The maximum atomic E-state index is 11.3. The third-order valence-electron chi connectivity index (χ3n) is 4.64. The zero-order chi connectivity index (χ0) is 18.1. The van der Waals surface area contributed by atoms with Gasteiger partial charge in [-0.15, -0.1) is 0 Å². The van der Waals surface area contributed by atoms with Crippen molar-refractivity contribution in [1.82, 2.24) is 9.55 Å². The fourth-order valence-corrected chi connectivity index (χ4v) is 3.30. The second-order valence-electron chi connectivity index (χ2n) is 6.27. The number of carboxylic acid groups (broad SMARTS) is 1. The van der Waals surface area contributed by atoms with Gasteiger partial charge in [0.25, 0.3) is 0 Å². The van der Waals surface area contributed by atoms with E-state index in [0.29, 0.717) is 5.52 Å². The number of benzene rings is 3. The molecule has 4 nitrogen and oxygen atoms in total. The van der Waals surface area contributed by atoms with Gasteiger partial charge in [-0.3, -0.25) is 0 Å². The Morgan fingerprint density at radius 1 is 0.962 bits per heavy atom. The lowest BCUT2D eigenvalue weighted by molar-refractivity contribution is 0.0697. The van der Waals surface area contributed by atoms with Gasteiger partial charge in [-0.1, -0.05) is 60.7 Å². The van der Waals surface area contributed by atoms with Crippen LogP contribution in [0.1, 0.15) is 28.9 Å². The molecule has 1 atom stereocenters. The first-order valence-electron chi connectivity index (χ1n) is 8.51. The standard InChI is InChI=1S/C22H18N2O2/c1-15(16-8-4-2-5-9-16)24-20-13-12-18(22(25)26)14-19(20)23-21(24)17-10-6-3-7-11-17/h2-15H,1H3,(H,25,26)/t15-/m1/s1. The highest BCUT2D eigenvalue weighted by Gasteiger charge is 2.19. The van der Waals surface area contributed by atoms with Crippen LogP contribution in [0.4, 0.5) is 0 Å². The summed E-state index contributed by atoms with van der Waals surface area (Å²) >= 11 is 0. The Morgan fingerprint density at radius 3 is 2.27 bits per heavy atom. The van der Waals surface area contributed by atoms with E-state index in [1.807, 2.05) is 54.6 Å². The third-order valence-corrected chi connectivity index (χ3v) is 4.64. The Labute approximate surface area is 151 Å². The fraction of sp³-hybridized carbons (Fsp3) is 0.0909. The normalized spacial score (nSPS) is 12.2. The number of carboxylic acids is 1. The highest BCUT2D eigenvalue weighted by atomic mass is 16.4. The maximum absolute atomic E-state index is 11.3. The molecule has 0 aliphatic rings. The predicted octanol–water partition coefficient (Wildman–Crippen LogP) is 5.01. The van der Waals surface area contributed by atoms with Crippen LogP contribution in [0, 0.1) is 0 Å². The third kappa shape index (κ3) is 2.75. The number of nitrogens with zero attached hydrogens (tertiary/aromatic N) is 2. The molecular weight excluding hydrogens is 324 g/mol. The Bertz CT molecular complexity index is 1070. The predicted molar refractivity (Wildman–Crippen MR) is 102 cm³/mol. The van der Waals surface area contributed by atoms with Crippen LogP contribution in [-0.4, -0.2) is 20.6 Å². The fourth-order valence-electron chi connectivity index (χ4n) is 3.30. The molecule has 0 radical (unpaired) electrons. The van der Waals surface area contributed by atoms with E-state index in [2.05, 4.69) is 23.6 Å². The van der Waals surface area contributed by atoms with E-state index in [1.54, 1.807) is 12.1 Å². The van der Waals surface area contributed by atoms with Crippen molar-refractivity contribution in [2.24, 2.45) is 0 Å². The van der Waals surface area contributed by atoms with Crippen molar-refractivity contribution in [2.75, 3.05) is 0 Å². The zero-order valence-electron chi connectivity index (χ0n) is 14.3. The van der Waals surface area contributed by atoms with Crippen LogP contribution < -0.4 is 0 Å². The van der Waals surface area contributed by atoms with Gasteiger partial charge in [-0.2, -0.15) is 0 Å². The summed E-state index contributed by atoms with van der Waals surface area (Å²) < 4.78 is 2.17. The smallest absolute Gasteiger partial charge is 0.335 e. The van der Waals surface area contributed by atoms with Crippen LogP contribution in [0.5, 0.6) is 0 Å². The number of hydrogen-bond acceptors (Lipinski definition) is 2. The van der Waals surface area contributed by atoms with Crippen LogP contribution in [-0.2, 0) is 0 Å². The van der Waals surface area contributed by atoms with Crippen LogP contribution in [0.25, 0.3) is 22.4 Å². The maximum Gasteiger partial charge on any atom is 0.335 e. The number of fused-ring (bicyclic) bond motifs is 1. The first kappa shape index (κ1) is 16.1. The average molecular weight is 342 g/mol. The summed E-state index contributed by atoms with van der Waals surface area (Å²) in [7, 11) is 0. The molecule has 0 spiro atoms. The van der Waals surface area contributed by atoms with Crippen LogP contribution in [0.2, 0.25) is 0 Å². The molecule has 1 heterocycles. The Hall–Kier alpha value is -3.40. The first-order chi connectivity index (χ1) is 12.6. The van der Waals surface area contributed by atoms with E-state index in [9.17, 15) is 9.90 Å². The Morgan fingerprint density at radius 2 is 1.62 bits per heavy atom. The van der Waals surface area contributed by atoms with Crippen molar-refractivity contribution < 1.29 is 9.90 Å². The average Bonchev–Trinajstić information content (AvgIpc) is 3.07. The van der Waals surface area contributed by atoms with Crippen molar-refractivity contribution in [3.8, 4) is 11.4 Å². The van der Waals surface area contributed by atoms with Gasteiger partial charge in [0.05, 0.1) is 22.6 Å². The lowest BCUT2D eigenvalue weighted by Crippen LogP contribution is -2.08. The van der Waals surface area contributed by atoms with Gasteiger partial charge in [-0.25, -0.2) is 9.78 Å². The van der Waals surface area contributed by atoms with Gasteiger partial charge < -0.3 is 9.67 Å².